The molecular formula is C26H33FN4O3. The van der Waals surface area contributed by atoms with E-state index in [9.17, 15) is 14.0 Å². The van der Waals surface area contributed by atoms with Crippen LogP contribution in [0.3, 0.4) is 0 Å². The van der Waals surface area contributed by atoms with Crippen molar-refractivity contribution in [2.45, 2.75) is 76.7 Å². The average molecular weight is 469 g/mol. The number of amides is 2. The molecule has 2 aromatic rings. The number of hydrogen-bond donors (Lipinski definition) is 1. The van der Waals surface area contributed by atoms with Gasteiger partial charge >= 0.3 is 0 Å². The first kappa shape index (κ1) is 23.0. The molecule has 3 aliphatic rings. The average Bonchev–Trinajstić information content (AvgIpc) is 3.12. The molecule has 5 rings (SSSR count). The molecule has 34 heavy (non-hydrogen) atoms. The molecule has 0 bridgehead atoms. The molecule has 1 saturated carbocycles. The maximum atomic E-state index is 13.2. The third-order valence-corrected chi connectivity index (χ3v) is 7.53. The van der Waals surface area contributed by atoms with Crippen LogP contribution in [0, 0.1) is 11.7 Å². The molecule has 1 atom stereocenters. The summed E-state index contributed by atoms with van der Waals surface area (Å²) in [7, 11) is 0. The monoisotopic (exact) mass is 468 g/mol. The number of nitrogens with one attached hydrogen (secondary N) is 1. The van der Waals surface area contributed by atoms with Crippen molar-refractivity contribution >= 4 is 11.8 Å². The summed E-state index contributed by atoms with van der Waals surface area (Å²) >= 11 is 0. The van der Waals surface area contributed by atoms with Crippen molar-refractivity contribution in [3.8, 4) is 0 Å². The molecule has 0 radical (unpaired) electrons. The molecule has 182 valence electrons. The van der Waals surface area contributed by atoms with Crippen LogP contribution in [0.4, 0.5) is 4.39 Å². The summed E-state index contributed by atoms with van der Waals surface area (Å²) in [5.74, 6) is -0.247. The van der Waals surface area contributed by atoms with Crippen LogP contribution in [0.25, 0.3) is 0 Å². The molecular weight excluding hydrogens is 435 g/mol. The highest BCUT2D eigenvalue weighted by atomic mass is 19.1. The van der Waals surface area contributed by atoms with Gasteiger partial charge in [-0.05, 0) is 43.4 Å². The number of aromatic nitrogens is 2. The number of benzene rings is 1. The number of rotatable bonds is 4. The van der Waals surface area contributed by atoms with Crippen molar-refractivity contribution in [3.63, 3.8) is 0 Å². The smallest absolute Gasteiger partial charge is 0.274 e. The largest absolute Gasteiger partial charge is 0.365 e. The van der Waals surface area contributed by atoms with Crippen molar-refractivity contribution in [2.24, 2.45) is 5.92 Å². The lowest BCUT2D eigenvalue weighted by Gasteiger charge is -2.32. The van der Waals surface area contributed by atoms with E-state index in [1.54, 1.807) is 18.5 Å². The van der Waals surface area contributed by atoms with Gasteiger partial charge in [-0.25, -0.2) is 9.37 Å². The molecule has 1 aromatic carbocycles. The maximum Gasteiger partial charge on any atom is 0.274 e. The molecule has 1 N–H and O–H groups in total. The van der Waals surface area contributed by atoms with Gasteiger partial charge in [0.2, 0.25) is 5.91 Å². The Bertz CT molecular complexity index is 1010. The molecule has 8 heteroatoms. The number of hydrogen-bond acceptors (Lipinski definition) is 4. The van der Waals surface area contributed by atoms with Crippen LogP contribution >= 0.6 is 0 Å². The van der Waals surface area contributed by atoms with Crippen molar-refractivity contribution in [2.75, 3.05) is 13.1 Å². The molecule has 3 heterocycles. The Labute approximate surface area is 199 Å². The third-order valence-electron chi connectivity index (χ3n) is 7.53. The number of likely N-dealkylation sites (tertiary alicyclic amines) is 1. The molecule has 7 nitrogen and oxygen atoms in total. The molecule has 2 aliphatic heterocycles. The zero-order chi connectivity index (χ0) is 23.5. The zero-order valence-corrected chi connectivity index (χ0v) is 19.5. The van der Waals surface area contributed by atoms with Crippen LogP contribution in [-0.4, -0.2) is 45.4 Å². The second kappa shape index (κ2) is 10.3. The Morgan fingerprint density at radius 1 is 1.00 bits per heavy atom. The topological polar surface area (TPSA) is 76.5 Å². The fraction of sp³-hybridized carbons (Fsp3) is 0.577. The number of fused-ring (bicyclic) bond motifs is 1. The fourth-order valence-corrected chi connectivity index (χ4v) is 5.42. The standard InChI is InChI=1S/C26H33FN4O3/c27-20-9-7-18(8-10-20)23-15-31-17-28-24(22(31)16-34-23)26(33)30-13-11-19(12-14-30)25(32)29-21-5-3-1-2-4-6-21/h7-10,17,19,21,23H,1-6,11-16H2,(H,29,32)/t23-/m0/s1. The van der Waals surface area contributed by atoms with Crippen molar-refractivity contribution in [1.29, 1.82) is 0 Å². The maximum absolute atomic E-state index is 13.2. The summed E-state index contributed by atoms with van der Waals surface area (Å²) in [5, 5.41) is 3.27. The van der Waals surface area contributed by atoms with Gasteiger partial charge in [-0.1, -0.05) is 37.8 Å². The Morgan fingerprint density at radius 2 is 1.71 bits per heavy atom. The van der Waals surface area contributed by atoms with Gasteiger partial charge in [-0.2, -0.15) is 0 Å². The molecule has 1 saturated heterocycles. The Morgan fingerprint density at radius 3 is 2.41 bits per heavy atom. The van der Waals surface area contributed by atoms with E-state index in [1.807, 2.05) is 9.47 Å². The van der Waals surface area contributed by atoms with E-state index in [1.165, 1.54) is 37.8 Å². The SMILES string of the molecule is O=C(NC1CCCCCC1)C1CCN(C(=O)c2ncn3c2CO[C@H](c2ccc(F)cc2)C3)CC1. The molecule has 2 fully saturated rings. The number of halogens is 1. The minimum Gasteiger partial charge on any atom is -0.365 e. The Kier molecular flexibility index (Phi) is 6.94. The van der Waals surface area contributed by atoms with Gasteiger partial charge < -0.3 is 19.5 Å². The number of imidazole rings is 1. The summed E-state index contributed by atoms with van der Waals surface area (Å²) in [6.07, 6.45) is 9.94. The first-order valence-electron chi connectivity index (χ1n) is 12.6. The van der Waals surface area contributed by atoms with E-state index in [4.69, 9.17) is 4.74 Å². The predicted molar refractivity (Wildman–Crippen MR) is 124 cm³/mol. The van der Waals surface area contributed by atoms with Crippen LogP contribution in [0.5, 0.6) is 0 Å². The van der Waals surface area contributed by atoms with Gasteiger partial charge in [0.15, 0.2) is 5.69 Å². The summed E-state index contributed by atoms with van der Waals surface area (Å²) in [6.45, 7) is 1.94. The van der Waals surface area contributed by atoms with E-state index < -0.39 is 0 Å². The quantitative estimate of drug-likeness (QED) is 0.689. The van der Waals surface area contributed by atoms with Gasteiger partial charge in [0.1, 0.15) is 11.9 Å². The van der Waals surface area contributed by atoms with E-state index in [-0.39, 0.29) is 36.3 Å². The normalized spacial score (nSPS) is 22.1. The van der Waals surface area contributed by atoms with Crippen molar-refractivity contribution in [3.05, 3.63) is 53.4 Å². The van der Waals surface area contributed by atoms with E-state index in [2.05, 4.69) is 10.3 Å². The highest BCUT2D eigenvalue weighted by molar-refractivity contribution is 5.93. The van der Waals surface area contributed by atoms with Gasteiger partial charge in [-0.3, -0.25) is 9.59 Å². The first-order chi connectivity index (χ1) is 16.6. The highest BCUT2D eigenvalue weighted by Crippen LogP contribution is 2.29. The second-order valence-corrected chi connectivity index (χ2v) is 9.81. The minimum absolute atomic E-state index is 0.0250. The van der Waals surface area contributed by atoms with Gasteiger partial charge in [-0.15, -0.1) is 0 Å². The second-order valence-electron chi connectivity index (χ2n) is 9.81. The van der Waals surface area contributed by atoms with Crippen LogP contribution in [0.2, 0.25) is 0 Å². The van der Waals surface area contributed by atoms with E-state index in [0.29, 0.717) is 44.2 Å². The van der Waals surface area contributed by atoms with Crippen molar-refractivity contribution < 1.29 is 18.7 Å². The Hall–Kier alpha value is -2.74. The van der Waals surface area contributed by atoms with Crippen LogP contribution in [-0.2, 0) is 22.7 Å². The zero-order valence-electron chi connectivity index (χ0n) is 19.5. The number of piperidine rings is 1. The van der Waals surface area contributed by atoms with Crippen LogP contribution < -0.4 is 5.32 Å². The lowest BCUT2D eigenvalue weighted by atomic mass is 9.94. The van der Waals surface area contributed by atoms with Gasteiger partial charge in [0, 0.05) is 25.0 Å². The molecule has 1 aliphatic carbocycles. The molecule has 0 unspecified atom stereocenters. The Balaban J connectivity index is 1.16. The molecule has 1 aromatic heterocycles. The lowest BCUT2D eigenvalue weighted by Crippen LogP contribution is -2.45. The van der Waals surface area contributed by atoms with Gasteiger partial charge in [0.05, 0.1) is 25.2 Å². The number of carbonyl (C=O) groups excluding carboxylic acids is 2. The third kappa shape index (κ3) is 5.02. The number of nitrogens with zero attached hydrogens (tertiary/aromatic N) is 3. The first-order valence-corrected chi connectivity index (χ1v) is 12.6. The predicted octanol–water partition coefficient (Wildman–Crippen LogP) is 3.98. The van der Waals surface area contributed by atoms with E-state index in [0.717, 1.165) is 24.1 Å². The van der Waals surface area contributed by atoms with Crippen molar-refractivity contribution in [1.82, 2.24) is 19.8 Å². The minimum atomic E-state index is -0.276. The fourth-order valence-electron chi connectivity index (χ4n) is 5.42. The van der Waals surface area contributed by atoms with Gasteiger partial charge in [0.25, 0.3) is 5.91 Å². The summed E-state index contributed by atoms with van der Waals surface area (Å²) in [4.78, 5) is 32.2. The summed E-state index contributed by atoms with van der Waals surface area (Å²) in [6, 6.07) is 6.62. The highest BCUT2D eigenvalue weighted by Gasteiger charge is 2.32. The summed E-state index contributed by atoms with van der Waals surface area (Å²) in [5.41, 5.74) is 2.10. The number of ether oxygens (including phenoxy) is 1. The number of carbonyl (C=O) groups is 2. The summed E-state index contributed by atoms with van der Waals surface area (Å²) < 4.78 is 21.2. The molecule has 2 amide bonds. The lowest BCUT2D eigenvalue weighted by molar-refractivity contribution is -0.127. The van der Waals surface area contributed by atoms with Crippen LogP contribution in [0.1, 0.15) is 79.2 Å². The van der Waals surface area contributed by atoms with E-state index >= 15 is 0 Å². The molecule has 0 spiro atoms. The van der Waals surface area contributed by atoms with Crippen LogP contribution in [0.15, 0.2) is 30.6 Å².